The van der Waals surface area contributed by atoms with Crippen LogP contribution < -0.4 is 15.0 Å². The number of hydrogen-bond acceptors (Lipinski definition) is 8. The predicted octanol–water partition coefficient (Wildman–Crippen LogP) is 5.81. The zero-order chi connectivity index (χ0) is 31.4. The van der Waals surface area contributed by atoms with Crippen molar-refractivity contribution in [2.24, 2.45) is 4.99 Å². The molecule has 1 aliphatic rings. The molecule has 4 aromatic rings. The molecule has 230 valence electrons. The monoisotopic (exact) mass is 624 g/mol. The number of aryl methyl sites for hydroxylation is 1. The molecule has 1 aliphatic heterocycles. The van der Waals surface area contributed by atoms with E-state index in [1.54, 1.807) is 4.90 Å². The maximum Gasteiger partial charge on any atom is 0.573 e. The van der Waals surface area contributed by atoms with Gasteiger partial charge in [-0.15, -0.1) is 18.3 Å². The van der Waals surface area contributed by atoms with E-state index < -0.39 is 12.7 Å². The standard InChI is InChI=1S/C31H31F3N6O3S/c1-19(2)25-15-20(3)7-12-26(25)40-27(41)17-44-30(40)37-29(42)35-14-13-21-5-4-6-22(16-21)28-36-18-39(38-28)23-8-10-24(11-9-23)43-31(32,33)34/h4-12,15-16,18-19,29,35,42H,13-14,17H2,1-3H3. The van der Waals surface area contributed by atoms with Crippen molar-refractivity contribution in [1.82, 2.24) is 20.1 Å². The first-order valence-corrected chi connectivity index (χ1v) is 14.9. The molecule has 1 aromatic heterocycles. The number of amidine groups is 1. The first-order valence-electron chi connectivity index (χ1n) is 13.9. The number of amides is 1. The zero-order valence-electron chi connectivity index (χ0n) is 24.2. The van der Waals surface area contributed by atoms with Gasteiger partial charge < -0.3 is 9.84 Å². The summed E-state index contributed by atoms with van der Waals surface area (Å²) in [5, 5.41) is 18.5. The van der Waals surface area contributed by atoms with Gasteiger partial charge in [-0.25, -0.2) is 14.7 Å². The minimum atomic E-state index is -4.76. The van der Waals surface area contributed by atoms with E-state index in [4.69, 9.17) is 0 Å². The van der Waals surface area contributed by atoms with Crippen LogP contribution >= 0.6 is 11.8 Å². The molecule has 1 amide bonds. The number of aliphatic imine (C=N–C) groups is 1. The van der Waals surface area contributed by atoms with Gasteiger partial charge in [-0.1, -0.05) is 61.5 Å². The number of rotatable bonds is 10. The summed E-state index contributed by atoms with van der Waals surface area (Å²) in [7, 11) is 0. The van der Waals surface area contributed by atoms with Crippen molar-refractivity contribution >= 4 is 28.5 Å². The van der Waals surface area contributed by atoms with Gasteiger partial charge in [0.25, 0.3) is 0 Å². The van der Waals surface area contributed by atoms with Gasteiger partial charge in [-0.05, 0) is 66.8 Å². The van der Waals surface area contributed by atoms with Crippen molar-refractivity contribution < 1.29 is 27.8 Å². The van der Waals surface area contributed by atoms with E-state index in [-0.39, 0.29) is 23.3 Å². The smallest absolute Gasteiger partial charge is 0.406 e. The Morgan fingerprint density at radius 3 is 2.61 bits per heavy atom. The fourth-order valence-electron chi connectivity index (χ4n) is 4.72. The largest absolute Gasteiger partial charge is 0.573 e. The van der Waals surface area contributed by atoms with Gasteiger partial charge in [0.1, 0.15) is 12.1 Å². The van der Waals surface area contributed by atoms with Crippen molar-refractivity contribution in [2.75, 3.05) is 17.2 Å². The van der Waals surface area contributed by atoms with Gasteiger partial charge in [0.05, 0.1) is 17.1 Å². The number of ether oxygens (including phenoxy) is 1. The molecule has 3 aromatic carbocycles. The molecule has 1 fully saturated rings. The van der Waals surface area contributed by atoms with Crippen LogP contribution in [-0.2, 0) is 11.2 Å². The molecule has 44 heavy (non-hydrogen) atoms. The number of nitrogens with one attached hydrogen (secondary N) is 1. The van der Waals surface area contributed by atoms with Crippen LogP contribution in [0.15, 0.2) is 78.0 Å². The van der Waals surface area contributed by atoms with Crippen molar-refractivity contribution in [2.45, 2.75) is 45.8 Å². The summed E-state index contributed by atoms with van der Waals surface area (Å²) in [6.45, 7) is 6.58. The minimum Gasteiger partial charge on any atom is -0.406 e. The van der Waals surface area contributed by atoms with Gasteiger partial charge in [0.15, 0.2) is 11.0 Å². The number of aromatic nitrogens is 3. The van der Waals surface area contributed by atoms with E-state index in [2.05, 4.69) is 45.0 Å². The van der Waals surface area contributed by atoms with Gasteiger partial charge in [0.2, 0.25) is 12.3 Å². The average molecular weight is 625 g/mol. The van der Waals surface area contributed by atoms with Crippen LogP contribution in [0.3, 0.4) is 0 Å². The van der Waals surface area contributed by atoms with Gasteiger partial charge >= 0.3 is 6.36 Å². The molecule has 0 aliphatic carbocycles. The molecule has 13 heteroatoms. The zero-order valence-corrected chi connectivity index (χ0v) is 25.1. The Balaban J connectivity index is 1.21. The summed E-state index contributed by atoms with van der Waals surface area (Å²) >= 11 is 1.30. The number of anilines is 1. The molecule has 5 rings (SSSR count). The molecule has 0 spiro atoms. The third-order valence-electron chi connectivity index (χ3n) is 6.80. The van der Waals surface area contributed by atoms with Crippen LogP contribution in [0.25, 0.3) is 17.1 Å². The topological polar surface area (TPSA) is 105 Å². The normalized spacial score (nSPS) is 15.4. The molecule has 2 heterocycles. The second kappa shape index (κ2) is 13.2. The number of carbonyl (C=O) groups excluding carboxylic acids is 1. The van der Waals surface area contributed by atoms with Crippen LogP contribution in [0.2, 0.25) is 0 Å². The van der Waals surface area contributed by atoms with Crippen LogP contribution in [0, 0.1) is 6.92 Å². The summed E-state index contributed by atoms with van der Waals surface area (Å²) in [5.74, 6) is 0.513. The quantitative estimate of drug-likeness (QED) is 0.215. The van der Waals surface area contributed by atoms with E-state index in [9.17, 15) is 23.1 Å². The second-order valence-electron chi connectivity index (χ2n) is 10.5. The number of aliphatic hydroxyl groups excluding tert-OH is 1. The number of halogens is 3. The number of alkyl halides is 3. The SMILES string of the molecule is Cc1ccc(N2C(=O)CSC2=NC(O)NCCc2cccc(-c3ncn(-c4ccc(OC(F)(F)F)cc4)n3)c2)c(C(C)C)c1. The molecule has 1 unspecified atom stereocenters. The highest BCUT2D eigenvalue weighted by atomic mass is 32.2. The number of hydrogen-bond donors (Lipinski definition) is 2. The van der Waals surface area contributed by atoms with Crippen LogP contribution in [0.5, 0.6) is 5.75 Å². The lowest BCUT2D eigenvalue weighted by Gasteiger charge is -2.23. The first kappa shape index (κ1) is 31.2. The number of carbonyl (C=O) groups is 1. The van der Waals surface area contributed by atoms with Crippen molar-refractivity contribution in [3.05, 3.63) is 89.7 Å². The van der Waals surface area contributed by atoms with Gasteiger partial charge in [-0.2, -0.15) is 0 Å². The summed E-state index contributed by atoms with van der Waals surface area (Å²) in [6.07, 6.45) is -3.91. The Labute approximate surface area is 256 Å². The second-order valence-corrected chi connectivity index (χ2v) is 11.4. The number of benzene rings is 3. The van der Waals surface area contributed by atoms with E-state index >= 15 is 0 Å². The Kier molecular flexibility index (Phi) is 9.37. The van der Waals surface area contributed by atoms with E-state index in [0.717, 1.165) is 27.9 Å². The van der Waals surface area contributed by atoms with E-state index in [0.29, 0.717) is 29.6 Å². The molecular weight excluding hydrogens is 593 g/mol. The van der Waals surface area contributed by atoms with E-state index in [1.165, 1.54) is 47.0 Å². The summed E-state index contributed by atoms with van der Waals surface area (Å²) in [5.41, 5.74) is 5.19. The summed E-state index contributed by atoms with van der Waals surface area (Å²) in [4.78, 5) is 23.1. The summed E-state index contributed by atoms with van der Waals surface area (Å²) < 4.78 is 42.7. The molecule has 1 atom stereocenters. The fraction of sp³-hybridized carbons (Fsp3) is 0.290. The number of thioether (sulfide) groups is 1. The highest BCUT2D eigenvalue weighted by Gasteiger charge is 2.32. The predicted molar refractivity (Wildman–Crippen MR) is 164 cm³/mol. The van der Waals surface area contributed by atoms with Crippen molar-refractivity contribution in [3.63, 3.8) is 0 Å². The lowest BCUT2D eigenvalue weighted by molar-refractivity contribution is -0.274. The van der Waals surface area contributed by atoms with Crippen molar-refractivity contribution in [1.29, 1.82) is 0 Å². The number of aliphatic hydroxyl groups is 1. The highest BCUT2D eigenvalue weighted by Crippen LogP contribution is 2.34. The first-order chi connectivity index (χ1) is 21.0. The Bertz CT molecular complexity index is 1660. The Morgan fingerprint density at radius 2 is 1.89 bits per heavy atom. The molecule has 0 bridgehead atoms. The molecule has 0 saturated carbocycles. The molecule has 0 radical (unpaired) electrons. The molecule has 1 saturated heterocycles. The van der Waals surface area contributed by atoms with Crippen LogP contribution in [-0.4, -0.2) is 56.0 Å². The average Bonchev–Trinajstić information content (AvgIpc) is 3.60. The molecule has 2 N–H and O–H groups in total. The third kappa shape index (κ3) is 7.65. The summed E-state index contributed by atoms with van der Waals surface area (Å²) in [6, 6.07) is 18.9. The van der Waals surface area contributed by atoms with Crippen LogP contribution in [0.4, 0.5) is 18.9 Å². The van der Waals surface area contributed by atoms with Crippen LogP contribution in [0.1, 0.15) is 36.5 Å². The van der Waals surface area contributed by atoms with E-state index in [1.807, 2.05) is 43.3 Å². The number of nitrogens with zero attached hydrogens (tertiary/aromatic N) is 5. The lowest BCUT2D eigenvalue weighted by Crippen LogP contribution is -2.35. The minimum absolute atomic E-state index is 0.0768. The van der Waals surface area contributed by atoms with Crippen molar-refractivity contribution in [3.8, 4) is 22.8 Å². The lowest BCUT2D eigenvalue weighted by atomic mass is 9.98. The maximum atomic E-state index is 12.8. The Morgan fingerprint density at radius 1 is 1.11 bits per heavy atom. The van der Waals surface area contributed by atoms with Gasteiger partial charge in [0, 0.05) is 12.1 Å². The fourth-order valence-corrected chi connectivity index (χ4v) is 5.60. The maximum absolute atomic E-state index is 12.8. The third-order valence-corrected chi connectivity index (χ3v) is 7.73. The Hall–Kier alpha value is -4.20. The highest BCUT2D eigenvalue weighted by molar-refractivity contribution is 8.15. The molecule has 9 nitrogen and oxygen atoms in total. The molecular formula is C31H31F3N6O3S. The van der Waals surface area contributed by atoms with Gasteiger partial charge in [-0.3, -0.25) is 15.0 Å².